The summed E-state index contributed by atoms with van der Waals surface area (Å²) in [6.07, 6.45) is 49.4. The van der Waals surface area contributed by atoms with E-state index in [1.807, 2.05) is 36.4 Å². The van der Waals surface area contributed by atoms with E-state index in [4.69, 9.17) is 28.4 Å². The van der Waals surface area contributed by atoms with Gasteiger partial charge in [0, 0.05) is 19.3 Å². The van der Waals surface area contributed by atoms with Gasteiger partial charge < -0.3 is 28.4 Å². The van der Waals surface area contributed by atoms with Crippen LogP contribution in [0, 0.1) is 17.8 Å². The van der Waals surface area contributed by atoms with Gasteiger partial charge in [-0.3, -0.25) is 14.4 Å². The largest absolute Gasteiger partial charge is 0.465 e. The predicted octanol–water partition coefficient (Wildman–Crippen LogP) is 25.0. The van der Waals surface area contributed by atoms with E-state index in [0.29, 0.717) is 73.6 Å². The summed E-state index contributed by atoms with van der Waals surface area (Å²) < 4.78 is 33.8. The van der Waals surface area contributed by atoms with Crippen LogP contribution in [-0.4, -0.2) is 68.5 Å². The lowest BCUT2D eigenvalue weighted by Gasteiger charge is -2.29. The first-order valence-corrected chi connectivity index (χ1v) is 42.7. The summed E-state index contributed by atoms with van der Waals surface area (Å²) in [4.78, 5) is 77.7. The Labute approximate surface area is 635 Å². The zero-order valence-corrected chi connectivity index (χ0v) is 66.0. The van der Waals surface area contributed by atoms with Crippen LogP contribution in [0.15, 0.2) is 92.5 Å². The second kappa shape index (κ2) is 53.5. The first kappa shape index (κ1) is 87.6. The third kappa shape index (κ3) is 36.0. The smallest absolute Gasteiger partial charge is 0.338 e. The molecule has 0 unspecified atom stereocenters. The van der Waals surface area contributed by atoms with Crippen molar-refractivity contribution in [1.29, 1.82) is 0 Å². The average molecular weight is 1450 g/mol. The van der Waals surface area contributed by atoms with Crippen LogP contribution >= 0.6 is 0 Å². The number of ether oxygens (including phenoxy) is 6. The van der Waals surface area contributed by atoms with Gasteiger partial charge in [-0.25, -0.2) is 14.4 Å². The molecule has 3 aliphatic rings. The van der Waals surface area contributed by atoms with Gasteiger partial charge in [0.05, 0.1) is 49.6 Å². The Balaban J connectivity index is 0.802. The highest BCUT2D eigenvalue weighted by atomic mass is 16.7. The van der Waals surface area contributed by atoms with E-state index in [9.17, 15) is 28.8 Å². The van der Waals surface area contributed by atoms with Crippen LogP contribution in [0.4, 0.5) is 0 Å². The van der Waals surface area contributed by atoms with Crippen LogP contribution in [0.2, 0.25) is 0 Å². The second-order valence-electron chi connectivity index (χ2n) is 31.4. The Morgan fingerprint density at radius 2 is 0.562 bits per heavy atom. The first-order chi connectivity index (χ1) is 51.2. The van der Waals surface area contributed by atoms with Crippen molar-refractivity contribution in [3.05, 3.63) is 126 Å². The van der Waals surface area contributed by atoms with Crippen LogP contribution < -0.4 is 0 Å². The molecule has 12 heteroatoms. The Kier molecular flexibility index (Phi) is 44.6. The number of hydrogen-bond donors (Lipinski definition) is 0. The van der Waals surface area contributed by atoms with Crippen molar-refractivity contribution in [2.45, 2.75) is 359 Å². The normalized spacial score (nSPS) is 18.3. The molecular weight excluding hydrogens is 1310 g/mol. The molecule has 6 rings (SSSR count). The quantitative estimate of drug-likeness (QED) is 0.0173. The summed E-state index contributed by atoms with van der Waals surface area (Å²) in [5, 5.41) is 0. The Hall–Kier alpha value is -6.30. The average Bonchev–Trinajstić information content (AvgIpc) is 0.853. The molecule has 3 aliphatic carbocycles. The van der Waals surface area contributed by atoms with Crippen molar-refractivity contribution >= 4 is 52.5 Å². The number of carbonyl (C=O) groups is 6. The monoisotopic (exact) mass is 1450 g/mol. The summed E-state index contributed by atoms with van der Waals surface area (Å²) in [5.41, 5.74) is 7.71. The lowest BCUT2D eigenvalue weighted by Crippen LogP contribution is -2.26. The fraction of sp³-hybridized carbons (Fsp3) is 0.677. The van der Waals surface area contributed by atoms with E-state index >= 15 is 0 Å². The van der Waals surface area contributed by atoms with Crippen LogP contribution in [0.3, 0.4) is 0 Å². The Morgan fingerprint density at radius 1 is 0.305 bits per heavy atom. The summed E-state index contributed by atoms with van der Waals surface area (Å²) in [6, 6.07) is 25.1. The van der Waals surface area contributed by atoms with Gasteiger partial charge in [0.2, 0.25) is 0 Å². The molecule has 0 radical (unpaired) electrons. The third-order valence-electron chi connectivity index (χ3n) is 23.0. The highest BCUT2D eigenvalue weighted by molar-refractivity contribution is 6.16. The van der Waals surface area contributed by atoms with Gasteiger partial charge in [-0.2, -0.15) is 0 Å². The standard InChI is InChI=1S/C93H140O12/c1-7-10-28-37-75-43-49-81(50-44-75)84-61-55-78(56-62-84)72(4)91(97)101-68-34-25-19-13-16-22-31-40-87(94)100-71-67-90(104-88(95)41-32-23-17-14-20-26-35-69-102-92(98)73(5)79-57-63-85(64-58-79)82-51-45-76(46-52-82)38-29-11-8-2)105-89(96)42-33-24-18-15-21-27-36-70-103-93(99)74(6)80-59-65-86(66-60-80)83-53-47-77(48-54-83)39-30-12-9-3/h55-66,75-77,81-83,90H,4-54,67-71H2,1-3H3. The minimum absolute atomic E-state index is 0.0437. The van der Waals surface area contributed by atoms with E-state index in [1.165, 1.54) is 171 Å². The number of benzene rings is 3. The lowest BCUT2D eigenvalue weighted by atomic mass is 9.77. The molecule has 0 heterocycles. The molecule has 0 atom stereocenters. The molecule has 0 bridgehead atoms. The maximum atomic E-state index is 13.2. The van der Waals surface area contributed by atoms with Gasteiger partial charge in [0.15, 0.2) is 0 Å². The Bertz CT molecular complexity index is 2810. The number of esters is 6. The zero-order chi connectivity index (χ0) is 74.9. The maximum Gasteiger partial charge on any atom is 0.338 e. The molecule has 3 aromatic carbocycles. The first-order valence-electron chi connectivity index (χ1n) is 42.7. The minimum Gasteiger partial charge on any atom is -0.465 e. The van der Waals surface area contributed by atoms with Crippen molar-refractivity contribution in [3.63, 3.8) is 0 Å². The molecule has 0 spiro atoms. The summed E-state index contributed by atoms with van der Waals surface area (Å²) >= 11 is 0. The lowest BCUT2D eigenvalue weighted by molar-refractivity contribution is -0.191. The summed E-state index contributed by atoms with van der Waals surface area (Å²) in [6.45, 7) is 20.0. The van der Waals surface area contributed by atoms with E-state index in [0.717, 1.165) is 150 Å². The van der Waals surface area contributed by atoms with Gasteiger partial charge in [0.1, 0.15) is 0 Å². The van der Waals surface area contributed by atoms with Gasteiger partial charge >= 0.3 is 35.8 Å². The van der Waals surface area contributed by atoms with Crippen LogP contribution in [0.25, 0.3) is 16.7 Å². The molecular formula is C93H140O12. The molecule has 0 amide bonds. The molecule has 0 aliphatic heterocycles. The van der Waals surface area contributed by atoms with Crippen molar-refractivity contribution < 1.29 is 57.2 Å². The molecule has 584 valence electrons. The summed E-state index contributed by atoms with van der Waals surface area (Å²) in [7, 11) is 0. The highest BCUT2D eigenvalue weighted by Crippen LogP contribution is 2.41. The van der Waals surface area contributed by atoms with Crippen LogP contribution in [-0.2, 0) is 57.2 Å². The molecule has 0 saturated heterocycles. The van der Waals surface area contributed by atoms with Crippen LogP contribution in [0.5, 0.6) is 0 Å². The zero-order valence-electron chi connectivity index (χ0n) is 66.0. The number of unbranched alkanes of at least 4 members (excludes halogenated alkanes) is 24. The van der Waals surface area contributed by atoms with Gasteiger partial charge in [-0.15, -0.1) is 0 Å². The number of carbonyl (C=O) groups excluding carboxylic acids is 6. The fourth-order valence-corrected chi connectivity index (χ4v) is 16.0. The number of hydrogen-bond acceptors (Lipinski definition) is 12. The van der Waals surface area contributed by atoms with Crippen LogP contribution in [0.1, 0.15) is 387 Å². The van der Waals surface area contributed by atoms with Crippen molar-refractivity contribution in [2.75, 3.05) is 26.4 Å². The van der Waals surface area contributed by atoms with Crippen molar-refractivity contribution in [3.8, 4) is 0 Å². The van der Waals surface area contributed by atoms with Gasteiger partial charge in [-0.05, 0) is 184 Å². The molecule has 3 fully saturated rings. The van der Waals surface area contributed by atoms with E-state index in [1.54, 1.807) is 0 Å². The van der Waals surface area contributed by atoms with Crippen molar-refractivity contribution in [2.24, 2.45) is 17.8 Å². The maximum absolute atomic E-state index is 13.2. The molecule has 3 aromatic rings. The van der Waals surface area contributed by atoms with E-state index in [2.05, 4.69) is 76.9 Å². The van der Waals surface area contributed by atoms with E-state index in [-0.39, 0.29) is 56.2 Å². The number of rotatable bonds is 56. The Morgan fingerprint density at radius 3 is 0.838 bits per heavy atom. The second-order valence-corrected chi connectivity index (χ2v) is 31.4. The fourth-order valence-electron chi connectivity index (χ4n) is 16.0. The molecule has 3 saturated carbocycles. The highest BCUT2D eigenvalue weighted by Gasteiger charge is 2.27. The SMILES string of the molecule is C=C(C(=O)OCCCCCCCCCC(=O)OCCC(OC(=O)CCCCCCCCCOC(=O)C(=C)c1ccc(C2CCC(CCCCC)CC2)cc1)OC(=O)CCCCCCCCCOC(=O)C(=C)c1ccc(C2CCC(CCCCC)CC2)cc1)c1ccc(C2CCC(CCCCC)CC2)cc1. The summed E-state index contributed by atoms with van der Waals surface area (Å²) in [5.74, 6) is 2.06. The minimum atomic E-state index is -1.16. The van der Waals surface area contributed by atoms with Crippen molar-refractivity contribution in [1.82, 2.24) is 0 Å². The molecule has 0 aromatic heterocycles. The topological polar surface area (TPSA) is 158 Å². The van der Waals surface area contributed by atoms with E-state index < -0.39 is 18.2 Å². The molecule has 105 heavy (non-hydrogen) atoms. The molecule has 12 nitrogen and oxygen atoms in total. The predicted molar refractivity (Wildman–Crippen MR) is 428 cm³/mol. The third-order valence-corrected chi connectivity index (χ3v) is 23.0. The molecule has 0 N–H and O–H groups in total. The van der Waals surface area contributed by atoms with Gasteiger partial charge in [0.25, 0.3) is 6.29 Å². The van der Waals surface area contributed by atoms with Gasteiger partial charge in [-0.1, -0.05) is 287 Å².